The van der Waals surface area contributed by atoms with E-state index in [9.17, 15) is 4.79 Å². The lowest BCUT2D eigenvalue weighted by molar-refractivity contribution is -0.120. The average molecular weight is 288 g/mol. The van der Waals surface area contributed by atoms with Crippen molar-refractivity contribution in [2.45, 2.75) is 25.7 Å². The highest BCUT2D eigenvalue weighted by Gasteiger charge is 2.24. The molecule has 6 heteroatoms. The predicted octanol–water partition coefficient (Wildman–Crippen LogP) is 1.51. The van der Waals surface area contributed by atoms with Gasteiger partial charge >= 0.3 is 0 Å². The van der Waals surface area contributed by atoms with Gasteiger partial charge in [-0.3, -0.25) is 4.79 Å². The molecule has 1 fully saturated rings. The van der Waals surface area contributed by atoms with Crippen molar-refractivity contribution < 1.29 is 4.79 Å². The van der Waals surface area contributed by atoms with Crippen LogP contribution in [0.25, 0.3) is 10.2 Å². The van der Waals surface area contributed by atoms with Crippen molar-refractivity contribution in [2.75, 3.05) is 24.5 Å². The molecule has 0 atom stereocenters. The Balaban J connectivity index is 1.86. The summed E-state index contributed by atoms with van der Waals surface area (Å²) in [7, 11) is 0. The molecule has 1 aliphatic heterocycles. The van der Waals surface area contributed by atoms with Gasteiger partial charge in [-0.15, -0.1) is 11.3 Å². The number of nitrogens with zero attached hydrogens (tertiary/aromatic N) is 3. The lowest BCUT2D eigenvalue weighted by atomic mass is 9.97. The van der Waals surface area contributed by atoms with E-state index in [1.165, 1.54) is 28.7 Å². The number of anilines is 1. The van der Waals surface area contributed by atoms with Crippen molar-refractivity contribution in [3.63, 3.8) is 0 Å². The first kappa shape index (κ1) is 12.1. The molecule has 2 aromatic rings. The van der Waals surface area contributed by atoms with Crippen molar-refractivity contribution in [1.29, 1.82) is 0 Å². The summed E-state index contributed by atoms with van der Waals surface area (Å²) in [5, 5.41) is 4.06. The summed E-state index contributed by atoms with van der Waals surface area (Å²) in [4.78, 5) is 25.2. The number of nitrogens with one attached hydrogen (secondary N) is 1. The number of fused-ring (bicyclic) bond motifs is 3. The van der Waals surface area contributed by atoms with E-state index in [0.29, 0.717) is 13.1 Å². The molecule has 5 nitrogen and oxygen atoms in total. The molecule has 3 heterocycles. The monoisotopic (exact) mass is 288 g/mol. The van der Waals surface area contributed by atoms with Crippen molar-refractivity contribution in [3.05, 3.63) is 16.8 Å². The maximum atomic E-state index is 11.6. The lowest BCUT2D eigenvalue weighted by Gasteiger charge is -2.28. The van der Waals surface area contributed by atoms with Gasteiger partial charge in [0.05, 0.1) is 11.9 Å². The Morgan fingerprint density at radius 3 is 3.05 bits per heavy atom. The largest absolute Gasteiger partial charge is 0.353 e. The minimum absolute atomic E-state index is 0.0760. The number of hydrogen-bond acceptors (Lipinski definition) is 5. The van der Waals surface area contributed by atoms with Crippen LogP contribution in [0.1, 0.15) is 23.3 Å². The first-order valence-electron chi connectivity index (χ1n) is 7.10. The summed E-state index contributed by atoms with van der Waals surface area (Å²) >= 11 is 1.80. The Hall–Kier alpha value is -1.69. The molecule has 0 spiro atoms. The van der Waals surface area contributed by atoms with Gasteiger partial charge in [-0.05, 0) is 31.2 Å². The maximum absolute atomic E-state index is 11.6. The third-order valence-corrected chi connectivity index (χ3v) is 5.27. The fraction of sp³-hybridized carbons (Fsp3) is 0.500. The van der Waals surface area contributed by atoms with Crippen LogP contribution in [0.4, 0.5) is 5.82 Å². The van der Waals surface area contributed by atoms with Crippen molar-refractivity contribution in [1.82, 2.24) is 15.3 Å². The third-order valence-electron chi connectivity index (χ3n) is 4.07. The highest BCUT2D eigenvalue weighted by Crippen LogP contribution is 2.39. The molecule has 2 aliphatic rings. The van der Waals surface area contributed by atoms with Crippen LogP contribution in [0.2, 0.25) is 0 Å². The predicted molar refractivity (Wildman–Crippen MR) is 79.3 cm³/mol. The summed E-state index contributed by atoms with van der Waals surface area (Å²) < 4.78 is 0. The smallest absolute Gasteiger partial charge is 0.239 e. The molecule has 1 amide bonds. The van der Waals surface area contributed by atoms with Crippen LogP contribution < -0.4 is 10.2 Å². The van der Waals surface area contributed by atoms with Crippen molar-refractivity contribution >= 4 is 33.3 Å². The second kappa shape index (κ2) is 4.70. The molecule has 104 valence electrons. The molecule has 0 saturated carbocycles. The second-order valence-corrected chi connectivity index (χ2v) is 6.44. The molecule has 1 aliphatic carbocycles. The van der Waals surface area contributed by atoms with Crippen LogP contribution in [-0.2, 0) is 17.6 Å². The zero-order chi connectivity index (χ0) is 13.5. The number of carbonyl (C=O) groups is 1. The van der Waals surface area contributed by atoms with Crippen LogP contribution in [0, 0.1) is 0 Å². The van der Waals surface area contributed by atoms with E-state index in [0.717, 1.165) is 30.0 Å². The Morgan fingerprint density at radius 2 is 2.15 bits per heavy atom. The molecular formula is C14H16N4OS. The van der Waals surface area contributed by atoms with E-state index in [2.05, 4.69) is 20.2 Å². The van der Waals surface area contributed by atoms with Crippen LogP contribution in [-0.4, -0.2) is 35.5 Å². The number of amides is 1. The molecule has 2 aromatic heterocycles. The van der Waals surface area contributed by atoms with Gasteiger partial charge in [0.15, 0.2) is 0 Å². The van der Waals surface area contributed by atoms with E-state index in [4.69, 9.17) is 0 Å². The number of carbonyl (C=O) groups excluding carboxylic acids is 1. The van der Waals surface area contributed by atoms with E-state index in [1.807, 2.05) is 0 Å². The van der Waals surface area contributed by atoms with Gasteiger partial charge in [-0.2, -0.15) is 0 Å². The normalized spacial score (nSPS) is 19.0. The Morgan fingerprint density at radius 1 is 1.25 bits per heavy atom. The third kappa shape index (κ3) is 1.86. The summed E-state index contributed by atoms with van der Waals surface area (Å²) in [6, 6.07) is 0. The second-order valence-electron chi connectivity index (χ2n) is 5.36. The van der Waals surface area contributed by atoms with Crippen LogP contribution in [0.3, 0.4) is 0 Å². The number of piperazine rings is 1. The first-order chi connectivity index (χ1) is 9.83. The molecule has 0 radical (unpaired) electrons. The number of thiophene rings is 1. The lowest BCUT2D eigenvalue weighted by Crippen LogP contribution is -2.48. The molecular weight excluding hydrogens is 272 g/mol. The Kier molecular flexibility index (Phi) is 2.84. The fourth-order valence-corrected chi connectivity index (χ4v) is 4.36. The molecule has 1 N–H and O–H groups in total. The van der Waals surface area contributed by atoms with Gasteiger partial charge < -0.3 is 10.2 Å². The summed E-state index contributed by atoms with van der Waals surface area (Å²) in [6.45, 7) is 1.91. The standard InChI is InChI=1S/C14H16N4OS/c19-11-7-18(6-5-15-11)13-12-9-3-1-2-4-10(9)20-14(12)17-8-16-13/h8H,1-7H2,(H,15,19). The average Bonchev–Trinajstić information content (AvgIpc) is 2.85. The number of aromatic nitrogens is 2. The van der Waals surface area contributed by atoms with Crippen molar-refractivity contribution in [2.24, 2.45) is 0 Å². The van der Waals surface area contributed by atoms with Gasteiger partial charge in [0, 0.05) is 18.0 Å². The van der Waals surface area contributed by atoms with Crippen LogP contribution in [0.15, 0.2) is 6.33 Å². The molecule has 0 bridgehead atoms. The maximum Gasteiger partial charge on any atom is 0.239 e. The number of aryl methyl sites for hydroxylation is 2. The molecule has 0 unspecified atom stereocenters. The minimum atomic E-state index is 0.0760. The number of hydrogen-bond donors (Lipinski definition) is 1. The van der Waals surface area contributed by atoms with E-state index < -0.39 is 0 Å². The highest BCUT2D eigenvalue weighted by atomic mass is 32.1. The van der Waals surface area contributed by atoms with Crippen LogP contribution >= 0.6 is 11.3 Å². The van der Waals surface area contributed by atoms with Crippen LogP contribution in [0.5, 0.6) is 0 Å². The SMILES string of the molecule is O=C1CN(c2ncnc3sc4c(c23)CCCC4)CCN1. The quantitative estimate of drug-likeness (QED) is 0.864. The first-order valence-corrected chi connectivity index (χ1v) is 7.91. The topological polar surface area (TPSA) is 58.1 Å². The summed E-state index contributed by atoms with van der Waals surface area (Å²) in [6.07, 6.45) is 6.43. The zero-order valence-electron chi connectivity index (χ0n) is 11.2. The van der Waals surface area contributed by atoms with Gasteiger partial charge in [0.1, 0.15) is 17.0 Å². The van der Waals surface area contributed by atoms with E-state index in [-0.39, 0.29) is 5.91 Å². The Labute approximate surface area is 121 Å². The highest BCUT2D eigenvalue weighted by molar-refractivity contribution is 7.19. The van der Waals surface area contributed by atoms with Crippen molar-refractivity contribution in [3.8, 4) is 0 Å². The molecule has 1 saturated heterocycles. The van der Waals surface area contributed by atoms with Gasteiger partial charge in [-0.1, -0.05) is 0 Å². The zero-order valence-corrected chi connectivity index (χ0v) is 12.0. The van der Waals surface area contributed by atoms with Gasteiger partial charge in [-0.25, -0.2) is 9.97 Å². The molecule has 0 aromatic carbocycles. The minimum Gasteiger partial charge on any atom is -0.353 e. The van der Waals surface area contributed by atoms with Gasteiger partial charge in [0.2, 0.25) is 5.91 Å². The summed E-state index contributed by atoms with van der Waals surface area (Å²) in [5.41, 5.74) is 1.43. The molecule has 4 rings (SSSR count). The van der Waals surface area contributed by atoms with E-state index >= 15 is 0 Å². The van der Waals surface area contributed by atoms with Gasteiger partial charge in [0.25, 0.3) is 0 Å². The molecule has 20 heavy (non-hydrogen) atoms. The summed E-state index contributed by atoms with van der Waals surface area (Å²) in [5.74, 6) is 1.02. The Bertz CT molecular complexity index is 681. The van der Waals surface area contributed by atoms with E-state index in [1.54, 1.807) is 17.7 Å². The number of rotatable bonds is 1. The fourth-order valence-electron chi connectivity index (χ4n) is 3.13.